The Labute approximate surface area is 199 Å². The number of nitrogens with zero attached hydrogens (tertiary/aromatic N) is 2. The number of halogens is 2. The van der Waals surface area contributed by atoms with Crippen molar-refractivity contribution in [3.8, 4) is 0 Å². The Morgan fingerprint density at radius 2 is 1.53 bits per heavy atom. The summed E-state index contributed by atoms with van der Waals surface area (Å²) in [6.45, 7) is 7.60. The van der Waals surface area contributed by atoms with Crippen molar-refractivity contribution < 1.29 is 23.4 Å². The van der Waals surface area contributed by atoms with Crippen molar-refractivity contribution in [2.24, 2.45) is 0 Å². The van der Waals surface area contributed by atoms with Crippen molar-refractivity contribution in [3.05, 3.63) is 77.4 Å². The third-order valence-electron chi connectivity index (χ3n) is 7.10. The molecule has 1 amide bonds. The third kappa shape index (κ3) is 4.59. The minimum absolute atomic E-state index is 0.151. The largest absolute Gasteiger partial charge is 0.437 e. The first-order valence-corrected chi connectivity index (χ1v) is 11.8. The maximum absolute atomic E-state index is 13.4. The Balaban J connectivity index is 1.44. The van der Waals surface area contributed by atoms with Crippen molar-refractivity contribution in [1.29, 1.82) is 0 Å². The highest BCUT2D eigenvalue weighted by atomic mass is 19.1. The smallest absolute Gasteiger partial charge is 0.413 e. The molecule has 0 saturated carbocycles. The van der Waals surface area contributed by atoms with E-state index >= 15 is 0 Å². The summed E-state index contributed by atoms with van der Waals surface area (Å²) in [6, 6.07) is 12.5. The number of carbonyl (C=O) groups is 1. The monoisotopic (exact) mass is 470 g/mol. The van der Waals surface area contributed by atoms with Crippen LogP contribution in [0.15, 0.2) is 54.6 Å². The van der Waals surface area contributed by atoms with Gasteiger partial charge < -0.3 is 14.7 Å². The molecule has 2 fully saturated rings. The van der Waals surface area contributed by atoms with Gasteiger partial charge in [-0.05, 0) is 68.2 Å². The van der Waals surface area contributed by atoms with Crippen LogP contribution in [0.4, 0.5) is 13.6 Å². The van der Waals surface area contributed by atoms with Crippen LogP contribution in [-0.2, 0) is 4.74 Å². The summed E-state index contributed by atoms with van der Waals surface area (Å²) >= 11 is 0. The lowest BCUT2D eigenvalue weighted by Gasteiger charge is -2.45. The van der Waals surface area contributed by atoms with Crippen LogP contribution in [0.5, 0.6) is 0 Å². The van der Waals surface area contributed by atoms with E-state index < -0.39 is 17.4 Å². The molecule has 0 bridgehead atoms. The minimum atomic E-state index is -1.34. The summed E-state index contributed by atoms with van der Waals surface area (Å²) in [6.07, 6.45) is 3.49. The van der Waals surface area contributed by atoms with Gasteiger partial charge in [-0.25, -0.2) is 13.6 Å². The summed E-state index contributed by atoms with van der Waals surface area (Å²) in [7, 11) is 0. The van der Waals surface area contributed by atoms with Crippen LogP contribution < -0.4 is 0 Å². The Bertz CT molecular complexity index is 993. The summed E-state index contributed by atoms with van der Waals surface area (Å²) in [5, 5.41) is 11.2. The van der Waals surface area contributed by atoms with Crippen molar-refractivity contribution >= 4 is 11.7 Å². The number of rotatable bonds is 6. The van der Waals surface area contributed by atoms with E-state index in [0.29, 0.717) is 25.9 Å². The maximum Gasteiger partial charge on any atom is 0.413 e. The summed E-state index contributed by atoms with van der Waals surface area (Å²) in [5.74, 6) is -0.604. The fourth-order valence-electron chi connectivity index (χ4n) is 5.19. The van der Waals surface area contributed by atoms with Gasteiger partial charge in [-0.1, -0.05) is 30.3 Å². The number of amides is 1. The van der Waals surface area contributed by atoms with Crippen molar-refractivity contribution in [2.75, 3.05) is 19.6 Å². The van der Waals surface area contributed by atoms with Crippen molar-refractivity contribution in [1.82, 2.24) is 9.80 Å². The number of likely N-dealkylation sites (tertiary alicyclic amines) is 1. The topological polar surface area (TPSA) is 53.0 Å². The zero-order valence-corrected chi connectivity index (χ0v) is 19.9. The zero-order valence-electron chi connectivity index (χ0n) is 19.9. The van der Waals surface area contributed by atoms with Crippen LogP contribution >= 0.6 is 0 Å². The van der Waals surface area contributed by atoms with Gasteiger partial charge in [0, 0.05) is 38.5 Å². The number of benzene rings is 2. The van der Waals surface area contributed by atoms with E-state index in [1.165, 1.54) is 29.2 Å². The fourth-order valence-corrected chi connectivity index (χ4v) is 5.19. The summed E-state index contributed by atoms with van der Waals surface area (Å²) in [4.78, 5) is 16.1. The van der Waals surface area contributed by atoms with E-state index in [1.807, 2.05) is 13.8 Å². The van der Waals surface area contributed by atoms with Gasteiger partial charge in [0.2, 0.25) is 0 Å². The molecule has 0 aromatic heterocycles. The first-order valence-electron chi connectivity index (χ1n) is 11.8. The standard InChI is InChI=1S/C27H32F2N2O3/c1-19(2)31-25(32)34-27(26(31,3)33)14-17-30(18-15-27)16-4-5-24(20-6-10-22(28)11-7-20)21-8-12-23(29)13-9-21/h5-13,19,33H,4,14-18H2,1-3H3. The van der Waals surface area contributed by atoms with Crippen LogP contribution in [0.1, 0.15) is 51.2 Å². The number of ether oxygens (including phenoxy) is 1. The molecule has 1 atom stereocenters. The molecule has 2 saturated heterocycles. The lowest BCUT2D eigenvalue weighted by Crippen LogP contribution is -2.61. The highest BCUT2D eigenvalue weighted by Gasteiger charge is 2.63. The lowest BCUT2D eigenvalue weighted by atomic mass is 9.81. The molecule has 2 aromatic rings. The average molecular weight is 471 g/mol. The molecule has 5 nitrogen and oxygen atoms in total. The number of piperidine rings is 1. The number of aliphatic hydroxyl groups is 1. The SMILES string of the molecule is CC(C)N1C(=O)OC2(CCN(CCC=C(c3ccc(F)cc3)c3ccc(F)cc3)CC2)C1(C)O. The van der Waals surface area contributed by atoms with Crippen LogP contribution in [0, 0.1) is 11.6 Å². The van der Waals surface area contributed by atoms with Crippen LogP contribution in [0.3, 0.4) is 0 Å². The Kier molecular flexibility index (Phi) is 6.78. The first kappa shape index (κ1) is 24.4. The molecule has 2 aromatic carbocycles. The van der Waals surface area contributed by atoms with Gasteiger partial charge >= 0.3 is 6.09 Å². The Hall–Kier alpha value is -2.77. The van der Waals surface area contributed by atoms with Gasteiger partial charge in [0.15, 0.2) is 11.3 Å². The van der Waals surface area contributed by atoms with Crippen LogP contribution in [0.25, 0.3) is 5.57 Å². The number of hydrogen-bond donors (Lipinski definition) is 1. The van der Waals surface area contributed by atoms with Gasteiger partial charge in [0.25, 0.3) is 0 Å². The molecule has 1 unspecified atom stereocenters. The van der Waals surface area contributed by atoms with E-state index in [-0.39, 0.29) is 17.7 Å². The summed E-state index contributed by atoms with van der Waals surface area (Å²) < 4.78 is 32.6. The van der Waals surface area contributed by atoms with Crippen molar-refractivity contribution in [3.63, 3.8) is 0 Å². The molecule has 2 aliphatic rings. The van der Waals surface area contributed by atoms with Crippen LogP contribution in [0.2, 0.25) is 0 Å². The van der Waals surface area contributed by atoms with E-state index in [0.717, 1.165) is 29.7 Å². The predicted octanol–water partition coefficient (Wildman–Crippen LogP) is 5.19. The molecule has 1 N–H and O–H groups in total. The Morgan fingerprint density at radius 3 is 1.97 bits per heavy atom. The highest BCUT2D eigenvalue weighted by Crippen LogP contribution is 2.45. The predicted molar refractivity (Wildman–Crippen MR) is 127 cm³/mol. The van der Waals surface area contributed by atoms with E-state index in [2.05, 4.69) is 11.0 Å². The molecule has 182 valence electrons. The van der Waals surface area contributed by atoms with E-state index in [9.17, 15) is 18.7 Å². The third-order valence-corrected chi connectivity index (χ3v) is 7.10. The second-order valence-corrected chi connectivity index (χ2v) is 9.61. The Morgan fingerprint density at radius 1 is 1.03 bits per heavy atom. The quantitative estimate of drug-likeness (QED) is 0.631. The fraction of sp³-hybridized carbons (Fsp3) is 0.444. The van der Waals surface area contributed by atoms with Gasteiger partial charge in [0.1, 0.15) is 11.6 Å². The van der Waals surface area contributed by atoms with Crippen LogP contribution in [-0.4, -0.2) is 58.0 Å². The highest BCUT2D eigenvalue weighted by molar-refractivity contribution is 5.79. The van der Waals surface area contributed by atoms with E-state index in [1.54, 1.807) is 31.2 Å². The maximum atomic E-state index is 13.4. The normalized spacial score (nSPS) is 22.3. The summed E-state index contributed by atoms with van der Waals surface area (Å²) in [5.41, 5.74) is 0.423. The first-order chi connectivity index (χ1) is 16.1. The molecule has 0 radical (unpaired) electrons. The molecule has 2 aliphatic heterocycles. The molecule has 0 aliphatic carbocycles. The minimum Gasteiger partial charge on any atom is -0.437 e. The molecular weight excluding hydrogens is 438 g/mol. The molecular formula is C27H32F2N2O3. The number of carbonyl (C=O) groups excluding carboxylic acids is 1. The molecule has 1 spiro atoms. The van der Waals surface area contributed by atoms with Gasteiger partial charge in [-0.2, -0.15) is 0 Å². The zero-order chi connectivity index (χ0) is 24.5. The second-order valence-electron chi connectivity index (χ2n) is 9.61. The average Bonchev–Trinajstić information content (AvgIpc) is 2.98. The van der Waals surface area contributed by atoms with Gasteiger partial charge in [-0.15, -0.1) is 0 Å². The lowest BCUT2D eigenvalue weighted by molar-refractivity contribution is -0.170. The molecule has 2 heterocycles. The number of hydrogen-bond acceptors (Lipinski definition) is 4. The van der Waals surface area contributed by atoms with Gasteiger partial charge in [0.05, 0.1) is 0 Å². The van der Waals surface area contributed by atoms with Gasteiger partial charge in [-0.3, -0.25) is 4.90 Å². The second kappa shape index (κ2) is 9.47. The van der Waals surface area contributed by atoms with E-state index in [4.69, 9.17) is 4.74 Å². The molecule has 7 heteroatoms. The molecule has 34 heavy (non-hydrogen) atoms. The molecule has 4 rings (SSSR count). The van der Waals surface area contributed by atoms with Crippen molar-refractivity contribution in [2.45, 2.75) is 57.4 Å².